The molecule has 0 aliphatic rings. The zero-order valence-corrected chi connectivity index (χ0v) is 11.4. The lowest BCUT2D eigenvalue weighted by Crippen LogP contribution is -2.13. The summed E-state index contributed by atoms with van der Waals surface area (Å²) in [5, 5.41) is 0.625. The van der Waals surface area contributed by atoms with Gasteiger partial charge in [0.2, 0.25) is 0 Å². The van der Waals surface area contributed by atoms with Gasteiger partial charge >= 0.3 is 5.97 Å². The summed E-state index contributed by atoms with van der Waals surface area (Å²) in [6, 6.07) is 16.9. The van der Waals surface area contributed by atoms with Crippen molar-refractivity contribution in [3.05, 3.63) is 70.7 Å². The maximum atomic E-state index is 12.0. The number of hydrogen-bond donors (Lipinski definition) is 0. The Balaban J connectivity index is 1.96. The Morgan fingerprint density at radius 2 is 1.89 bits per heavy atom. The van der Waals surface area contributed by atoms with E-state index in [-0.39, 0.29) is 11.9 Å². The van der Waals surface area contributed by atoms with Crippen molar-refractivity contribution in [2.24, 2.45) is 0 Å². The molecule has 0 amide bonds. The number of ether oxygens (including phenoxy) is 1. The van der Waals surface area contributed by atoms with Crippen LogP contribution in [0, 0.1) is 0 Å². The van der Waals surface area contributed by atoms with Crippen LogP contribution in [0.5, 0.6) is 0 Å². The first kappa shape index (κ1) is 13.6. The standard InChI is InChI=1S/C16H15ClO2/c1-12(14-8-5-9-15(17)10-14)16(18)19-11-13-6-3-2-4-7-13/h2-10,12H,11H2,1H3/t12-/m0/s1. The first-order chi connectivity index (χ1) is 9.16. The Kier molecular flexibility index (Phi) is 4.58. The van der Waals surface area contributed by atoms with Gasteiger partial charge < -0.3 is 4.74 Å². The smallest absolute Gasteiger partial charge is 0.313 e. The molecule has 0 unspecified atom stereocenters. The minimum Gasteiger partial charge on any atom is -0.460 e. The quantitative estimate of drug-likeness (QED) is 0.782. The van der Waals surface area contributed by atoms with E-state index in [1.54, 1.807) is 12.1 Å². The summed E-state index contributed by atoms with van der Waals surface area (Å²) in [5.41, 5.74) is 1.85. The fourth-order valence-corrected chi connectivity index (χ4v) is 1.96. The number of esters is 1. The summed E-state index contributed by atoms with van der Waals surface area (Å²) in [6.45, 7) is 2.11. The Bertz CT molecular complexity index is 552. The van der Waals surface area contributed by atoms with Gasteiger partial charge in [-0.25, -0.2) is 0 Å². The Morgan fingerprint density at radius 3 is 2.58 bits per heavy atom. The van der Waals surface area contributed by atoms with E-state index in [4.69, 9.17) is 16.3 Å². The second-order valence-corrected chi connectivity index (χ2v) is 4.81. The highest BCUT2D eigenvalue weighted by molar-refractivity contribution is 6.30. The van der Waals surface area contributed by atoms with Gasteiger partial charge in [0.1, 0.15) is 6.61 Å². The van der Waals surface area contributed by atoms with Crippen LogP contribution in [-0.2, 0) is 16.1 Å². The van der Waals surface area contributed by atoms with Crippen LogP contribution in [0.2, 0.25) is 5.02 Å². The van der Waals surface area contributed by atoms with Crippen molar-refractivity contribution < 1.29 is 9.53 Å². The van der Waals surface area contributed by atoms with Crippen molar-refractivity contribution in [1.29, 1.82) is 0 Å². The lowest BCUT2D eigenvalue weighted by molar-refractivity contribution is -0.146. The van der Waals surface area contributed by atoms with E-state index in [1.165, 1.54) is 0 Å². The molecule has 2 rings (SSSR count). The highest BCUT2D eigenvalue weighted by atomic mass is 35.5. The number of benzene rings is 2. The fourth-order valence-electron chi connectivity index (χ4n) is 1.77. The van der Waals surface area contributed by atoms with Crippen molar-refractivity contribution in [2.75, 3.05) is 0 Å². The minimum atomic E-state index is -0.317. The summed E-state index contributed by atoms with van der Waals surface area (Å²) in [5.74, 6) is -0.562. The molecule has 0 aromatic heterocycles. The van der Waals surface area contributed by atoms with Gasteiger partial charge in [0.05, 0.1) is 5.92 Å². The topological polar surface area (TPSA) is 26.3 Å². The van der Waals surface area contributed by atoms with E-state index >= 15 is 0 Å². The highest BCUT2D eigenvalue weighted by Crippen LogP contribution is 2.20. The molecule has 0 spiro atoms. The molecular weight excluding hydrogens is 260 g/mol. The average molecular weight is 275 g/mol. The third kappa shape index (κ3) is 3.83. The van der Waals surface area contributed by atoms with E-state index in [9.17, 15) is 4.79 Å². The van der Waals surface area contributed by atoms with Crippen molar-refractivity contribution in [1.82, 2.24) is 0 Å². The number of halogens is 1. The first-order valence-electron chi connectivity index (χ1n) is 6.13. The van der Waals surface area contributed by atoms with Gasteiger partial charge in [-0.15, -0.1) is 0 Å². The predicted molar refractivity (Wildman–Crippen MR) is 76.1 cm³/mol. The van der Waals surface area contributed by atoms with Crippen LogP contribution in [0.4, 0.5) is 0 Å². The summed E-state index contributed by atoms with van der Waals surface area (Å²) in [7, 11) is 0. The summed E-state index contributed by atoms with van der Waals surface area (Å²) in [4.78, 5) is 12.0. The zero-order chi connectivity index (χ0) is 13.7. The molecule has 0 aliphatic heterocycles. The van der Waals surface area contributed by atoms with Gasteiger partial charge in [-0.2, -0.15) is 0 Å². The first-order valence-corrected chi connectivity index (χ1v) is 6.50. The molecule has 2 aromatic rings. The largest absolute Gasteiger partial charge is 0.460 e. The van der Waals surface area contributed by atoms with Gasteiger partial charge in [-0.05, 0) is 30.2 Å². The molecule has 98 valence electrons. The minimum absolute atomic E-state index is 0.244. The van der Waals surface area contributed by atoms with E-state index in [2.05, 4.69) is 0 Å². The van der Waals surface area contributed by atoms with Crippen LogP contribution in [-0.4, -0.2) is 5.97 Å². The molecular formula is C16H15ClO2. The zero-order valence-electron chi connectivity index (χ0n) is 10.7. The normalized spacial score (nSPS) is 11.9. The summed E-state index contributed by atoms with van der Waals surface area (Å²) >= 11 is 5.91. The average Bonchev–Trinajstić information content (AvgIpc) is 2.45. The molecule has 0 heterocycles. The van der Waals surface area contributed by atoms with Crippen LogP contribution in [0.3, 0.4) is 0 Å². The summed E-state index contributed by atoms with van der Waals surface area (Å²) in [6.07, 6.45) is 0. The Labute approximate surface area is 118 Å². The van der Waals surface area contributed by atoms with E-state index in [0.29, 0.717) is 11.6 Å². The lowest BCUT2D eigenvalue weighted by Gasteiger charge is -2.12. The maximum Gasteiger partial charge on any atom is 0.313 e. The maximum absolute atomic E-state index is 12.0. The SMILES string of the molecule is C[C@H](C(=O)OCc1ccccc1)c1cccc(Cl)c1. The predicted octanol–water partition coefficient (Wildman–Crippen LogP) is 4.19. The van der Waals surface area contributed by atoms with Gasteiger partial charge in [-0.1, -0.05) is 54.1 Å². The number of rotatable bonds is 4. The Morgan fingerprint density at radius 1 is 1.16 bits per heavy atom. The second-order valence-electron chi connectivity index (χ2n) is 4.37. The fraction of sp³-hybridized carbons (Fsp3) is 0.188. The van der Waals surface area contributed by atoms with Gasteiger partial charge in [0.15, 0.2) is 0 Å². The molecule has 0 bridgehead atoms. The highest BCUT2D eigenvalue weighted by Gasteiger charge is 2.16. The molecule has 2 aromatic carbocycles. The van der Waals surface area contributed by atoms with Gasteiger partial charge in [0, 0.05) is 5.02 Å². The third-order valence-electron chi connectivity index (χ3n) is 2.93. The monoisotopic (exact) mass is 274 g/mol. The van der Waals surface area contributed by atoms with E-state index in [1.807, 2.05) is 49.4 Å². The van der Waals surface area contributed by atoms with Crippen LogP contribution in [0.25, 0.3) is 0 Å². The van der Waals surface area contributed by atoms with Crippen molar-refractivity contribution in [3.63, 3.8) is 0 Å². The van der Waals surface area contributed by atoms with Crippen LogP contribution in [0.15, 0.2) is 54.6 Å². The van der Waals surface area contributed by atoms with Crippen molar-refractivity contribution in [3.8, 4) is 0 Å². The summed E-state index contributed by atoms with van der Waals surface area (Å²) < 4.78 is 5.30. The second kappa shape index (κ2) is 6.39. The van der Waals surface area contributed by atoms with Crippen molar-refractivity contribution in [2.45, 2.75) is 19.4 Å². The third-order valence-corrected chi connectivity index (χ3v) is 3.16. The Hall–Kier alpha value is -1.80. The number of carbonyl (C=O) groups is 1. The molecule has 1 atom stereocenters. The molecule has 0 aliphatic carbocycles. The molecule has 0 N–H and O–H groups in total. The molecule has 0 fully saturated rings. The molecule has 0 radical (unpaired) electrons. The number of carbonyl (C=O) groups excluding carboxylic acids is 1. The molecule has 19 heavy (non-hydrogen) atoms. The van der Waals surface area contributed by atoms with Gasteiger partial charge in [0.25, 0.3) is 0 Å². The van der Waals surface area contributed by atoms with Crippen LogP contribution >= 0.6 is 11.6 Å². The number of hydrogen-bond acceptors (Lipinski definition) is 2. The van der Waals surface area contributed by atoms with Crippen LogP contribution < -0.4 is 0 Å². The molecule has 0 saturated carbocycles. The lowest BCUT2D eigenvalue weighted by atomic mass is 10.0. The van der Waals surface area contributed by atoms with E-state index in [0.717, 1.165) is 11.1 Å². The van der Waals surface area contributed by atoms with E-state index < -0.39 is 0 Å². The molecule has 3 heteroatoms. The van der Waals surface area contributed by atoms with Crippen molar-refractivity contribution >= 4 is 17.6 Å². The molecule has 2 nitrogen and oxygen atoms in total. The van der Waals surface area contributed by atoms with Gasteiger partial charge in [-0.3, -0.25) is 4.79 Å². The molecule has 0 saturated heterocycles. The van der Waals surface area contributed by atoms with Crippen LogP contribution in [0.1, 0.15) is 24.0 Å².